The molecule has 1 amide bonds. The molecule has 0 aliphatic heterocycles. The number of hydrogen-bond acceptors (Lipinski definition) is 5. The average Bonchev–Trinajstić information content (AvgIpc) is 2.44. The second-order valence-electron chi connectivity index (χ2n) is 5.45. The molecule has 0 saturated heterocycles. The highest BCUT2D eigenvalue weighted by Crippen LogP contribution is 2.09. The Bertz CT molecular complexity index is 542. The van der Waals surface area contributed by atoms with Crippen molar-refractivity contribution in [2.24, 2.45) is 0 Å². The molecular formula is C15H20N2O5. The summed E-state index contributed by atoms with van der Waals surface area (Å²) in [5.74, 6) is -2.64. The maximum absolute atomic E-state index is 12.0. The van der Waals surface area contributed by atoms with Crippen LogP contribution in [0.5, 0.6) is 0 Å². The Morgan fingerprint density at radius 1 is 1.27 bits per heavy atom. The number of quaternary nitrogens is 1. The lowest BCUT2D eigenvalue weighted by Gasteiger charge is -2.25. The molecule has 0 heterocycles. The Morgan fingerprint density at radius 3 is 2.41 bits per heavy atom. The first-order chi connectivity index (χ1) is 10.2. The Balaban J connectivity index is 2.55. The Labute approximate surface area is 128 Å². The zero-order valence-electron chi connectivity index (χ0n) is 12.6. The SMILES string of the molecule is CC(C)(NC(=O)C([NH3+])CC(=O)[O-])C(=O)OCc1ccccc1. The molecule has 7 heteroatoms. The fraction of sp³-hybridized carbons (Fsp3) is 0.400. The minimum absolute atomic E-state index is 0.0891. The van der Waals surface area contributed by atoms with E-state index in [0.717, 1.165) is 5.56 Å². The van der Waals surface area contributed by atoms with Crippen molar-refractivity contribution < 1.29 is 30.0 Å². The van der Waals surface area contributed by atoms with Crippen LogP contribution >= 0.6 is 0 Å². The van der Waals surface area contributed by atoms with Crippen LogP contribution in [0.15, 0.2) is 30.3 Å². The Kier molecular flexibility index (Phi) is 6.06. The number of carbonyl (C=O) groups excluding carboxylic acids is 3. The zero-order chi connectivity index (χ0) is 16.8. The first-order valence-electron chi connectivity index (χ1n) is 6.78. The lowest BCUT2D eigenvalue weighted by molar-refractivity contribution is -0.409. The summed E-state index contributed by atoms with van der Waals surface area (Å²) in [5, 5.41) is 12.9. The molecule has 1 aromatic rings. The van der Waals surface area contributed by atoms with Crippen molar-refractivity contribution >= 4 is 17.8 Å². The van der Waals surface area contributed by atoms with Gasteiger partial charge in [-0.05, 0) is 19.4 Å². The van der Waals surface area contributed by atoms with Crippen molar-refractivity contribution in [3.05, 3.63) is 35.9 Å². The summed E-state index contributed by atoms with van der Waals surface area (Å²) in [6.07, 6.45) is -0.513. The number of aliphatic carboxylic acids is 1. The quantitative estimate of drug-likeness (QED) is 0.586. The Morgan fingerprint density at radius 2 is 1.86 bits per heavy atom. The van der Waals surface area contributed by atoms with E-state index in [4.69, 9.17) is 4.74 Å². The van der Waals surface area contributed by atoms with Gasteiger partial charge in [0.25, 0.3) is 5.91 Å². The highest BCUT2D eigenvalue weighted by molar-refractivity contribution is 5.90. The van der Waals surface area contributed by atoms with Crippen molar-refractivity contribution in [2.75, 3.05) is 0 Å². The van der Waals surface area contributed by atoms with E-state index < -0.39 is 35.8 Å². The number of nitrogens with one attached hydrogen (secondary N) is 1. The third kappa shape index (κ3) is 5.53. The van der Waals surface area contributed by atoms with E-state index in [-0.39, 0.29) is 6.61 Å². The van der Waals surface area contributed by atoms with Crippen LogP contribution in [-0.2, 0) is 25.7 Å². The minimum atomic E-state index is -1.38. The summed E-state index contributed by atoms with van der Waals surface area (Å²) >= 11 is 0. The van der Waals surface area contributed by atoms with E-state index in [0.29, 0.717) is 0 Å². The number of hydrogen-bond donors (Lipinski definition) is 2. The highest BCUT2D eigenvalue weighted by Gasteiger charge is 2.33. The smallest absolute Gasteiger partial charge is 0.331 e. The van der Waals surface area contributed by atoms with E-state index in [1.807, 2.05) is 30.3 Å². The molecule has 4 N–H and O–H groups in total. The molecule has 22 heavy (non-hydrogen) atoms. The number of carboxylic acid groups (broad SMARTS) is 1. The van der Waals surface area contributed by atoms with E-state index in [2.05, 4.69) is 11.1 Å². The highest BCUT2D eigenvalue weighted by atomic mass is 16.5. The van der Waals surface area contributed by atoms with E-state index in [9.17, 15) is 19.5 Å². The molecule has 1 aromatic carbocycles. The normalized spacial score (nSPS) is 12.3. The largest absolute Gasteiger partial charge is 0.550 e. The number of ether oxygens (including phenoxy) is 1. The van der Waals surface area contributed by atoms with Gasteiger partial charge in [-0.2, -0.15) is 0 Å². The molecule has 1 rings (SSSR count). The maximum atomic E-state index is 12.0. The van der Waals surface area contributed by atoms with Crippen molar-refractivity contribution in [2.45, 2.75) is 38.5 Å². The second-order valence-corrected chi connectivity index (χ2v) is 5.45. The van der Waals surface area contributed by atoms with Gasteiger partial charge in [-0.1, -0.05) is 30.3 Å². The van der Waals surface area contributed by atoms with Gasteiger partial charge in [0.1, 0.15) is 12.1 Å². The molecule has 1 unspecified atom stereocenters. The summed E-state index contributed by atoms with van der Waals surface area (Å²) in [6.45, 7) is 3.04. The first kappa shape index (κ1) is 17.6. The monoisotopic (exact) mass is 308 g/mol. The lowest BCUT2D eigenvalue weighted by Crippen LogP contribution is -2.70. The van der Waals surface area contributed by atoms with Crippen molar-refractivity contribution in [3.8, 4) is 0 Å². The van der Waals surface area contributed by atoms with Crippen molar-refractivity contribution in [1.82, 2.24) is 5.32 Å². The number of amides is 1. The molecule has 0 spiro atoms. The van der Waals surface area contributed by atoms with E-state index in [1.165, 1.54) is 13.8 Å². The van der Waals surface area contributed by atoms with Gasteiger partial charge >= 0.3 is 5.97 Å². The molecule has 0 aromatic heterocycles. The molecular weight excluding hydrogens is 288 g/mol. The average molecular weight is 308 g/mol. The van der Waals surface area contributed by atoms with Gasteiger partial charge in [-0.15, -0.1) is 0 Å². The molecule has 0 bridgehead atoms. The van der Waals surface area contributed by atoms with Crippen molar-refractivity contribution in [3.63, 3.8) is 0 Å². The van der Waals surface area contributed by atoms with Gasteiger partial charge in [0, 0.05) is 12.4 Å². The van der Waals surface area contributed by atoms with Gasteiger partial charge in [0.15, 0.2) is 6.04 Å². The van der Waals surface area contributed by atoms with Crippen LogP contribution in [0, 0.1) is 0 Å². The van der Waals surface area contributed by atoms with Crippen LogP contribution in [0.4, 0.5) is 0 Å². The van der Waals surface area contributed by atoms with Gasteiger partial charge < -0.3 is 25.7 Å². The van der Waals surface area contributed by atoms with Crippen LogP contribution in [0.1, 0.15) is 25.8 Å². The van der Waals surface area contributed by atoms with Crippen LogP contribution in [0.25, 0.3) is 0 Å². The number of benzene rings is 1. The maximum Gasteiger partial charge on any atom is 0.331 e. The summed E-state index contributed by atoms with van der Waals surface area (Å²) in [5.41, 5.74) is 2.97. The molecule has 0 radical (unpaired) electrons. The molecule has 0 aliphatic rings. The third-order valence-electron chi connectivity index (χ3n) is 2.94. The molecule has 0 aliphatic carbocycles. The third-order valence-corrected chi connectivity index (χ3v) is 2.94. The van der Waals surface area contributed by atoms with Gasteiger partial charge in [0.05, 0.1) is 0 Å². The zero-order valence-corrected chi connectivity index (χ0v) is 12.6. The van der Waals surface area contributed by atoms with E-state index in [1.54, 1.807) is 0 Å². The number of carbonyl (C=O) groups is 3. The molecule has 120 valence electrons. The van der Waals surface area contributed by atoms with Gasteiger partial charge in [-0.3, -0.25) is 4.79 Å². The standard InChI is InChI=1S/C15H20N2O5/c1-15(2,17-13(20)11(16)8-12(18)19)14(21)22-9-10-6-4-3-5-7-10/h3-7,11H,8-9,16H2,1-2H3,(H,17,20)(H,18,19). The minimum Gasteiger partial charge on any atom is -0.550 e. The summed E-state index contributed by atoms with van der Waals surface area (Å²) in [7, 11) is 0. The summed E-state index contributed by atoms with van der Waals surface area (Å²) < 4.78 is 5.15. The second kappa shape index (κ2) is 7.56. The predicted molar refractivity (Wildman–Crippen MR) is 74.8 cm³/mol. The fourth-order valence-electron chi connectivity index (χ4n) is 1.66. The lowest BCUT2D eigenvalue weighted by atomic mass is 10.0. The number of carboxylic acids is 1. The summed E-state index contributed by atoms with van der Waals surface area (Å²) in [6, 6.07) is 8.08. The van der Waals surface area contributed by atoms with E-state index >= 15 is 0 Å². The number of rotatable bonds is 7. The van der Waals surface area contributed by atoms with Crippen LogP contribution in [0.2, 0.25) is 0 Å². The molecule has 7 nitrogen and oxygen atoms in total. The Hall–Kier alpha value is -2.41. The van der Waals surface area contributed by atoms with Gasteiger partial charge in [-0.25, -0.2) is 4.79 Å². The van der Waals surface area contributed by atoms with Crippen LogP contribution in [-0.4, -0.2) is 29.4 Å². The summed E-state index contributed by atoms with van der Waals surface area (Å²) in [4.78, 5) is 34.3. The van der Waals surface area contributed by atoms with Crippen molar-refractivity contribution in [1.29, 1.82) is 0 Å². The molecule has 0 saturated carbocycles. The predicted octanol–water partition coefficient (Wildman–Crippen LogP) is -1.62. The van der Waals surface area contributed by atoms with Crippen LogP contribution < -0.4 is 16.2 Å². The fourth-order valence-corrected chi connectivity index (χ4v) is 1.66. The molecule has 1 atom stereocenters. The first-order valence-corrected chi connectivity index (χ1v) is 6.78. The molecule has 0 fully saturated rings. The van der Waals surface area contributed by atoms with Crippen LogP contribution in [0.3, 0.4) is 0 Å². The number of esters is 1. The van der Waals surface area contributed by atoms with Gasteiger partial charge in [0.2, 0.25) is 0 Å². The topological polar surface area (TPSA) is 123 Å².